The van der Waals surface area contributed by atoms with Crippen LogP contribution in [0.3, 0.4) is 0 Å². The first-order valence-electron chi connectivity index (χ1n) is 18.6. The van der Waals surface area contributed by atoms with Crippen LogP contribution in [0.4, 0.5) is 0 Å². The molecule has 2 aliphatic heterocycles. The highest BCUT2D eigenvalue weighted by molar-refractivity contribution is 6.34. The third-order valence-electron chi connectivity index (χ3n) is 9.87. The highest BCUT2D eigenvalue weighted by Crippen LogP contribution is 2.33. The molecule has 2 fully saturated rings. The molecule has 2 aliphatic rings. The second kappa shape index (κ2) is 16.5. The number of aliphatic hydroxyl groups is 2. The Kier molecular flexibility index (Phi) is 10.8. The van der Waals surface area contributed by atoms with Gasteiger partial charge >= 0.3 is 0 Å². The summed E-state index contributed by atoms with van der Waals surface area (Å²) in [5.41, 5.74) is 10.0. The van der Waals surface area contributed by atoms with Crippen LogP contribution in [0.5, 0.6) is 12.0 Å². The lowest BCUT2D eigenvalue weighted by atomic mass is 10.0. The minimum absolute atomic E-state index is 0.262. The van der Waals surface area contributed by atoms with Crippen LogP contribution in [0.2, 0.25) is 10.0 Å². The zero-order chi connectivity index (χ0) is 39.6. The molecule has 4 N–H and O–H groups in total. The Morgan fingerprint density at radius 1 is 0.483 bits per heavy atom. The van der Waals surface area contributed by atoms with Crippen molar-refractivity contribution < 1.29 is 29.2 Å². The van der Waals surface area contributed by atoms with Crippen molar-refractivity contribution in [2.75, 3.05) is 26.4 Å². The Bertz CT molecular complexity index is 2480. The number of aromatic nitrogens is 6. The number of H-pyrrole nitrogens is 2. The van der Waals surface area contributed by atoms with Crippen LogP contribution in [0.25, 0.3) is 67.1 Å². The average molecular weight is 816 g/mol. The van der Waals surface area contributed by atoms with Gasteiger partial charge in [0, 0.05) is 11.1 Å². The van der Waals surface area contributed by atoms with E-state index >= 15 is 0 Å². The van der Waals surface area contributed by atoms with E-state index in [1.807, 2.05) is 84.9 Å². The van der Waals surface area contributed by atoms with Crippen molar-refractivity contribution >= 4 is 45.5 Å². The number of ether oxygens (including phenoxy) is 4. The number of nitrogens with zero attached hydrogens (tertiary/aromatic N) is 4. The number of hydrogen-bond acceptors (Lipinski definition) is 10. The summed E-state index contributed by atoms with van der Waals surface area (Å²) in [6.45, 7) is 1.17. The molecule has 0 radical (unpaired) electrons. The van der Waals surface area contributed by atoms with Gasteiger partial charge in [-0.2, -0.15) is 9.97 Å². The fourth-order valence-corrected chi connectivity index (χ4v) is 7.29. The molecule has 0 bridgehead atoms. The number of imidazole rings is 2. The Labute approximate surface area is 342 Å². The van der Waals surface area contributed by atoms with Gasteiger partial charge in [0.25, 0.3) is 12.0 Å². The van der Waals surface area contributed by atoms with Crippen molar-refractivity contribution in [1.29, 1.82) is 0 Å². The summed E-state index contributed by atoms with van der Waals surface area (Å²) in [5.74, 6) is 0. The number of rotatable bonds is 8. The predicted octanol–water partition coefficient (Wildman–Crippen LogP) is 8.17. The first-order chi connectivity index (χ1) is 28.3. The van der Waals surface area contributed by atoms with Gasteiger partial charge in [0.05, 0.1) is 58.9 Å². The molecule has 58 heavy (non-hydrogen) atoms. The molecule has 4 aromatic heterocycles. The summed E-state index contributed by atoms with van der Waals surface area (Å²) < 4.78 is 21.8. The smallest absolute Gasteiger partial charge is 0.296 e. The number of fused-ring (bicyclic) bond motifs is 2. The molecule has 0 unspecified atom stereocenters. The standard InChI is InChI=1S/2C22H18ClN3O3/c2*23-16-10-17-21(26-22(24-17)29-19-12-28-11-18(19)27)25-20(16)15-8-6-14(7-9-15)13-4-2-1-3-5-13/h2*1-10,18-19,27H,11-12H2,(H,24,25,26)/t2*18-,19-/m10/s1. The fourth-order valence-electron chi connectivity index (χ4n) is 6.77. The molecule has 0 spiro atoms. The minimum atomic E-state index is -0.668. The molecule has 4 aromatic carbocycles. The van der Waals surface area contributed by atoms with Crippen molar-refractivity contribution in [1.82, 2.24) is 29.9 Å². The number of pyridine rings is 2. The van der Waals surface area contributed by atoms with Gasteiger partial charge in [0.1, 0.15) is 12.2 Å². The Morgan fingerprint density at radius 3 is 1.21 bits per heavy atom. The summed E-state index contributed by atoms with van der Waals surface area (Å²) in [5, 5.41) is 20.7. The molecule has 0 aliphatic carbocycles. The van der Waals surface area contributed by atoms with Crippen LogP contribution in [-0.4, -0.2) is 91.0 Å². The normalized spacial score (nSPS) is 19.0. The first-order valence-corrected chi connectivity index (χ1v) is 19.4. The van der Waals surface area contributed by atoms with Crippen LogP contribution < -0.4 is 9.47 Å². The molecule has 2 saturated heterocycles. The summed E-state index contributed by atoms with van der Waals surface area (Å²) in [6.07, 6.45) is -2.23. The number of hydrogen-bond donors (Lipinski definition) is 4. The summed E-state index contributed by atoms with van der Waals surface area (Å²) in [6, 6.07) is 40.7. The Balaban J connectivity index is 0.000000150. The third-order valence-corrected chi connectivity index (χ3v) is 10.4. The highest BCUT2D eigenvalue weighted by Gasteiger charge is 2.30. The zero-order valence-electron chi connectivity index (χ0n) is 30.8. The van der Waals surface area contributed by atoms with Crippen molar-refractivity contribution in [2.24, 2.45) is 0 Å². The van der Waals surface area contributed by atoms with E-state index in [1.165, 1.54) is 0 Å². The number of benzene rings is 4. The topological polar surface area (TPSA) is 161 Å². The lowest BCUT2D eigenvalue weighted by Gasteiger charge is -2.11. The van der Waals surface area contributed by atoms with Gasteiger partial charge < -0.3 is 39.1 Å². The van der Waals surface area contributed by atoms with Crippen molar-refractivity contribution in [3.63, 3.8) is 0 Å². The van der Waals surface area contributed by atoms with E-state index in [-0.39, 0.29) is 25.2 Å². The lowest BCUT2D eigenvalue weighted by Crippen LogP contribution is -2.30. The van der Waals surface area contributed by atoms with E-state index in [4.69, 9.17) is 42.1 Å². The largest absolute Gasteiger partial charge is 0.456 e. The molecular weight excluding hydrogens is 779 g/mol. The minimum Gasteiger partial charge on any atom is -0.456 e. The molecule has 292 valence electrons. The van der Waals surface area contributed by atoms with E-state index in [2.05, 4.69) is 54.2 Å². The third kappa shape index (κ3) is 8.12. The van der Waals surface area contributed by atoms with Crippen LogP contribution in [0.1, 0.15) is 0 Å². The van der Waals surface area contributed by atoms with Crippen molar-refractivity contribution in [2.45, 2.75) is 24.4 Å². The molecule has 10 rings (SSSR count). The molecule has 0 amide bonds. The second-order valence-corrected chi connectivity index (χ2v) is 14.7. The first kappa shape index (κ1) is 37.7. The molecule has 12 nitrogen and oxygen atoms in total. The van der Waals surface area contributed by atoms with E-state index in [0.29, 0.717) is 57.0 Å². The second-order valence-electron chi connectivity index (χ2n) is 13.9. The van der Waals surface area contributed by atoms with Gasteiger partial charge in [-0.05, 0) is 34.4 Å². The van der Waals surface area contributed by atoms with E-state index in [1.54, 1.807) is 12.1 Å². The summed E-state index contributed by atoms with van der Waals surface area (Å²) >= 11 is 13.0. The molecule has 0 saturated carbocycles. The highest BCUT2D eigenvalue weighted by atomic mass is 35.5. The molecule has 8 aromatic rings. The van der Waals surface area contributed by atoms with Crippen LogP contribution in [0.15, 0.2) is 121 Å². The Morgan fingerprint density at radius 2 is 0.845 bits per heavy atom. The van der Waals surface area contributed by atoms with Gasteiger partial charge in [-0.1, -0.05) is 132 Å². The van der Waals surface area contributed by atoms with Gasteiger partial charge in [-0.25, -0.2) is 9.97 Å². The molecular formula is C44H36Cl2N6O6. The maximum Gasteiger partial charge on any atom is 0.296 e. The Hall–Kier alpha value is -5.86. The van der Waals surface area contributed by atoms with Gasteiger partial charge in [0.15, 0.2) is 23.5 Å². The lowest BCUT2D eigenvalue weighted by molar-refractivity contribution is 0.0679. The van der Waals surface area contributed by atoms with Gasteiger partial charge in [-0.3, -0.25) is 0 Å². The molecule has 6 heterocycles. The number of aliphatic hydroxyl groups excluding tert-OH is 2. The molecule has 4 atom stereocenters. The van der Waals surface area contributed by atoms with Crippen LogP contribution in [-0.2, 0) is 9.47 Å². The van der Waals surface area contributed by atoms with E-state index < -0.39 is 24.4 Å². The van der Waals surface area contributed by atoms with Gasteiger partial charge in [0.2, 0.25) is 0 Å². The van der Waals surface area contributed by atoms with Crippen LogP contribution >= 0.6 is 23.2 Å². The number of nitrogens with one attached hydrogen (secondary N) is 2. The summed E-state index contributed by atoms with van der Waals surface area (Å²) in [7, 11) is 0. The maximum absolute atomic E-state index is 9.84. The van der Waals surface area contributed by atoms with E-state index in [0.717, 1.165) is 33.4 Å². The predicted molar refractivity (Wildman–Crippen MR) is 222 cm³/mol. The average Bonchev–Trinajstić information content (AvgIpc) is 4.06. The maximum atomic E-state index is 9.84. The van der Waals surface area contributed by atoms with Crippen LogP contribution in [0, 0.1) is 0 Å². The van der Waals surface area contributed by atoms with Crippen molar-refractivity contribution in [3.8, 4) is 56.8 Å². The summed E-state index contributed by atoms with van der Waals surface area (Å²) in [4.78, 5) is 24.1. The number of aromatic amines is 2. The monoisotopic (exact) mass is 814 g/mol. The fraction of sp³-hybridized carbons (Fsp3) is 0.182. The van der Waals surface area contributed by atoms with Gasteiger partial charge in [-0.15, -0.1) is 0 Å². The quantitative estimate of drug-likeness (QED) is 0.118. The molecule has 14 heteroatoms. The van der Waals surface area contributed by atoms with E-state index in [9.17, 15) is 10.2 Å². The number of halogens is 2. The SMILES string of the molecule is O[C@@H]1COC[C@H]1Oc1nc2nc(-c3ccc(-c4ccccc4)cc3)c(Cl)cc2[nH]1.O[C@H]1COC[C@@H]1Oc1nc2nc(-c3ccc(-c4ccccc4)cc3)c(Cl)cc2[nH]1. The zero-order valence-corrected chi connectivity index (χ0v) is 32.3. The van der Waals surface area contributed by atoms with Crippen molar-refractivity contribution in [3.05, 3.63) is 131 Å².